The minimum atomic E-state index is -3.79. The third kappa shape index (κ3) is 4.83. The van der Waals surface area contributed by atoms with Crippen LogP contribution in [0.5, 0.6) is 0 Å². The zero-order chi connectivity index (χ0) is 19.5. The lowest BCUT2D eigenvalue weighted by Crippen LogP contribution is -2.30. The second-order valence-corrected chi connectivity index (χ2v) is 7.51. The van der Waals surface area contributed by atoms with E-state index in [-0.39, 0.29) is 22.2 Å². The van der Waals surface area contributed by atoms with Crippen LogP contribution in [0.1, 0.15) is 36.2 Å². The highest BCUT2D eigenvalue weighted by molar-refractivity contribution is 7.89. The van der Waals surface area contributed by atoms with Crippen molar-refractivity contribution >= 4 is 21.6 Å². The molecule has 0 saturated heterocycles. The summed E-state index contributed by atoms with van der Waals surface area (Å²) in [6, 6.07) is 7.72. The number of carbonyl (C=O) groups is 1. The Labute approximate surface area is 149 Å². The molecule has 0 unspecified atom stereocenters. The third-order valence-electron chi connectivity index (χ3n) is 3.29. The van der Waals surface area contributed by atoms with E-state index >= 15 is 0 Å². The minimum Gasteiger partial charge on any atom is -0.322 e. The van der Waals surface area contributed by atoms with Gasteiger partial charge in [-0.1, -0.05) is 6.07 Å². The lowest BCUT2D eigenvalue weighted by molar-refractivity contribution is 0.102. The first kappa shape index (κ1) is 19.9. The van der Waals surface area contributed by atoms with Crippen molar-refractivity contribution < 1.29 is 26.4 Å². The highest BCUT2D eigenvalue weighted by atomic mass is 32.2. The van der Waals surface area contributed by atoms with Gasteiger partial charge < -0.3 is 5.32 Å². The predicted molar refractivity (Wildman–Crippen MR) is 91.2 cm³/mol. The number of hydrogen-bond acceptors (Lipinski definition) is 3. The number of sulfonamides is 1. The summed E-state index contributed by atoms with van der Waals surface area (Å²) < 4.78 is 65.5. The van der Waals surface area contributed by atoms with Gasteiger partial charge in [-0.3, -0.25) is 4.79 Å². The van der Waals surface area contributed by atoms with E-state index in [1.54, 1.807) is 13.8 Å². The second kappa shape index (κ2) is 7.88. The van der Waals surface area contributed by atoms with E-state index in [0.29, 0.717) is 0 Å². The SMILES string of the molecule is CC(C)NS(=O)(=O)c1cccc(C(=O)Nc2ccc(F)c(C(F)F)c2)c1. The van der Waals surface area contributed by atoms with E-state index in [0.717, 1.165) is 24.3 Å². The summed E-state index contributed by atoms with van der Waals surface area (Å²) >= 11 is 0. The van der Waals surface area contributed by atoms with Crippen molar-refractivity contribution in [2.24, 2.45) is 0 Å². The van der Waals surface area contributed by atoms with Crippen molar-refractivity contribution in [1.29, 1.82) is 0 Å². The van der Waals surface area contributed by atoms with E-state index in [1.165, 1.54) is 18.2 Å². The fourth-order valence-corrected chi connectivity index (χ4v) is 3.47. The van der Waals surface area contributed by atoms with Gasteiger partial charge in [-0.2, -0.15) is 0 Å². The number of rotatable bonds is 6. The fraction of sp³-hybridized carbons (Fsp3) is 0.235. The number of anilines is 1. The van der Waals surface area contributed by atoms with Crippen LogP contribution in [0.2, 0.25) is 0 Å². The first-order valence-electron chi connectivity index (χ1n) is 7.61. The Morgan fingerprint density at radius 1 is 1.08 bits per heavy atom. The molecule has 5 nitrogen and oxygen atoms in total. The summed E-state index contributed by atoms with van der Waals surface area (Å²) in [6.07, 6.45) is -3.03. The van der Waals surface area contributed by atoms with E-state index in [2.05, 4.69) is 10.0 Å². The van der Waals surface area contributed by atoms with Gasteiger partial charge in [0.2, 0.25) is 10.0 Å². The van der Waals surface area contributed by atoms with Crippen LogP contribution in [0.15, 0.2) is 47.4 Å². The smallest absolute Gasteiger partial charge is 0.266 e. The molecule has 26 heavy (non-hydrogen) atoms. The van der Waals surface area contributed by atoms with Crippen molar-refractivity contribution in [1.82, 2.24) is 4.72 Å². The molecule has 0 atom stereocenters. The molecule has 0 bridgehead atoms. The zero-order valence-electron chi connectivity index (χ0n) is 14.0. The highest BCUT2D eigenvalue weighted by Crippen LogP contribution is 2.25. The van der Waals surface area contributed by atoms with E-state index < -0.39 is 33.7 Å². The van der Waals surface area contributed by atoms with Crippen LogP contribution in [-0.4, -0.2) is 20.4 Å². The summed E-state index contributed by atoms with van der Waals surface area (Å²) in [7, 11) is -3.79. The van der Waals surface area contributed by atoms with Crippen LogP contribution in [0.25, 0.3) is 0 Å². The van der Waals surface area contributed by atoms with Crippen LogP contribution in [0, 0.1) is 5.82 Å². The summed E-state index contributed by atoms with van der Waals surface area (Å²) in [4.78, 5) is 12.2. The van der Waals surface area contributed by atoms with Crippen LogP contribution in [0.4, 0.5) is 18.9 Å². The Kier molecular flexibility index (Phi) is 6.04. The van der Waals surface area contributed by atoms with E-state index in [1.807, 2.05) is 0 Å². The number of carbonyl (C=O) groups excluding carboxylic acids is 1. The van der Waals surface area contributed by atoms with Crippen molar-refractivity contribution in [2.75, 3.05) is 5.32 Å². The maximum Gasteiger partial charge on any atom is 0.266 e. The quantitative estimate of drug-likeness (QED) is 0.795. The maximum atomic E-state index is 13.3. The van der Waals surface area contributed by atoms with E-state index in [4.69, 9.17) is 0 Å². The number of alkyl halides is 2. The molecule has 140 valence electrons. The number of nitrogens with one attached hydrogen (secondary N) is 2. The first-order chi connectivity index (χ1) is 12.1. The minimum absolute atomic E-state index is 0.0135. The fourth-order valence-electron chi connectivity index (χ4n) is 2.17. The van der Waals surface area contributed by atoms with Crippen molar-refractivity contribution in [3.05, 3.63) is 59.4 Å². The molecule has 2 aromatic carbocycles. The van der Waals surface area contributed by atoms with Gasteiger partial charge in [-0.15, -0.1) is 0 Å². The molecular formula is C17H17F3N2O3S. The number of halogens is 3. The van der Waals surface area contributed by atoms with Gasteiger partial charge in [0.25, 0.3) is 12.3 Å². The van der Waals surface area contributed by atoms with Crippen LogP contribution in [0.3, 0.4) is 0 Å². The van der Waals surface area contributed by atoms with Gasteiger partial charge in [0, 0.05) is 17.3 Å². The highest BCUT2D eigenvalue weighted by Gasteiger charge is 2.18. The Bertz CT molecular complexity index is 915. The maximum absolute atomic E-state index is 13.3. The van der Waals surface area contributed by atoms with Crippen molar-refractivity contribution in [3.8, 4) is 0 Å². The summed E-state index contributed by atoms with van der Waals surface area (Å²) in [5.74, 6) is -1.79. The molecule has 2 aromatic rings. The van der Waals surface area contributed by atoms with Crippen molar-refractivity contribution in [2.45, 2.75) is 31.2 Å². The van der Waals surface area contributed by atoms with Gasteiger partial charge >= 0.3 is 0 Å². The standard InChI is InChI=1S/C17H17F3N2O3S/c1-10(2)22-26(24,25)13-5-3-4-11(8-13)17(23)21-12-6-7-15(18)14(9-12)16(19)20/h3-10,16,22H,1-2H3,(H,21,23). The zero-order valence-corrected chi connectivity index (χ0v) is 14.8. The number of amides is 1. The Morgan fingerprint density at radius 2 is 1.77 bits per heavy atom. The van der Waals surface area contributed by atoms with Gasteiger partial charge in [0.05, 0.1) is 10.5 Å². The molecule has 0 aliphatic carbocycles. The summed E-state index contributed by atoms with van der Waals surface area (Å²) in [5, 5.41) is 2.35. The largest absolute Gasteiger partial charge is 0.322 e. The molecule has 0 spiro atoms. The summed E-state index contributed by atoms with van der Waals surface area (Å²) in [5.41, 5.74) is -0.847. The molecule has 0 heterocycles. The summed E-state index contributed by atoms with van der Waals surface area (Å²) in [6.45, 7) is 3.31. The Hall–Kier alpha value is -2.39. The average Bonchev–Trinajstić information content (AvgIpc) is 2.55. The van der Waals surface area contributed by atoms with Gasteiger partial charge in [-0.05, 0) is 50.2 Å². The molecule has 2 rings (SSSR count). The van der Waals surface area contributed by atoms with Gasteiger partial charge in [-0.25, -0.2) is 26.3 Å². The lowest BCUT2D eigenvalue weighted by atomic mass is 10.1. The molecule has 0 aliphatic rings. The van der Waals surface area contributed by atoms with E-state index in [9.17, 15) is 26.4 Å². The predicted octanol–water partition coefficient (Wildman–Crippen LogP) is 3.70. The first-order valence-corrected chi connectivity index (χ1v) is 9.10. The second-order valence-electron chi connectivity index (χ2n) is 5.79. The molecule has 2 N–H and O–H groups in total. The molecule has 9 heteroatoms. The number of hydrogen-bond donors (Lipinski definition) is 2. The van der Waals surface area contributed by atoms with Gasteiger partial charge in [0.1, 0.15) is 5.82 Å². The van der Waals surface area contributed by atoms with Crippen LogP contribution < -0.4 is 10.0 Å². The molecule has 0 aromatic heterocycles. The Balaban J connectivity index is 2.26. The van der Waals surface area contributed by atoms with Crippen LogP contribution >= 0.6 is 0 Å². The molecular weight excluding hydrogens is 369 g/mol. The third-order valence-corrected chi connectivity index (χ3v) is 4.94. The molecule has 0 fully saturated rings. The lowest BCUT2D eigenvalue weighted by Gasteiger charge is -2.11. The molecule has 0 aliphatic heterocycles. The average molecular weight is 386 g/mol. The normalized spacial score (nSPS) is 11.8. The molecule has 0 saturated carbocycles. The number of benzene rings is 2. The van der Waals surface area contributed by atoms with Gasteiger partial charge in [0.15, 0.2) is 0 Å². The van der Waals surface area contributed by atoms with Crippen LogP contribution in [-0.2, 0) is 10.0 Å². The molecule has 0 radical (unpaired) electrons. The topological polar surface area (TPSA) is 75.3 Å². The van der Waals surface area contributed by atoms with Crippen molar-refractivity contribution in [3.63, 3.8) is 0 Å². The Morgan fingerprint density at radius 3 is 2.38 bits per heavy atom. The monoisotopic (exact) mass is 386 g/mol. The molecule has 1 amide bonds.